The summed E-state index contributed by atoms with van der Waals surface area (Å²) in [5, 5.41) is 22.4. The van der Waals surface area contributed by atoms with Crippen LogP contribution in [0, 0.1) is 15.9 Å². The van der Waals surface area contributed by atoms with E-state index in [4.69, 9.17) is 16.7 Å². The van der Waals surface area contributed by atoms with Crippen LogP contribution < -0.4 is 5.32 Å². The van der Waals surface area contributed by atoms with Gasteiger partial charge in [0.1, 0.15) is 5.82 Å². The number of non-ortho nitro benzene ring substituents is 1. The third-order valence-electron chi connectivity index (χ3n) is 2.64. The first-order valence-electron chi connectivity index (χ1n) is 5.62. The number of halogens is 2. The largest absolute Gasteiger partial charge is 0.478 e. The molecule has 0 heterocycles. The molecule has 0 amide bonds. The van der Waals surface area contributed by atoms with Gasteiger partial charge in [0.05, 0.1) is 21.2 Å². The molecular formula is C13H8ClFN2O4. The van der Waals surface area contributed by atoms with Gasteiger partial charge in [0, 0.05) is 17.8 Å². The number of anilines is 2. The van der Waals surface area contributed by atoms with Crippen molar-refractivity contribution < 1.29 is 19.2 Å². The Morgan fingerprint density at radius 1 is 1.29 bits per heavy atom. The highest BCUT2D eigenvalue weighted by atomic mass is 35.5. The van der Waals surface area contributed by atoms with E-state index in [0.29, 0.717) is 0 Å². The lowest BCUT2D eigenvalue weighted by atomic mass is 10.1. The average Bonchev–Trinajstić information content (AvgIpc) is 2.42. The van der Waals surface area contributed by atoms with Gasteiger partial charge in [-0.3, -0.25) is 10.1 Å². The first-order valence-corrected chi connectivity index (χ1v) is 6.00. The fourth-order valence-corrected chi connectivity index (χ4v) is 1.78. The number of rotatable bonds is 4. The number of nitro groups is 1. The predicted octanol–water partition coefficient (Wildman–Crippen LogP) is 3.83. The van der Waals surface area contributed by atoms with Gasteiger partial charge in [0.15, 0.2) is 0 Å². The van der Waals surface area contributed by atoms with Crippen LogP contribution in [0.5, 0.6) is 0 Å². The zero-order valence-corrected chi connectivity index (χ0v) is 11.1. The fourth-order valence-electron chi connectivity index (χ4n) is 1.67. The third-order valence-corrected chi connectivity index (χ3v) is 2.95. The summed E-state index contributed by atoms with van der Waals surface area (Å²) >= 11 is 5.55. The zero-order chi connectivity index (χ0) is 15.6. The van der Waals surface area contributed by atoms with Crippen molar-refractivity contribution >= 4 is 34.6 Å². The first kappa shape index (κ1) is 14.7. The van der Waals surface area contributed by atoms with Crippen LogP contribution in [-0.2, 0) is 0 Å². The summed E-state index contributed by atoms with van der Waals surface area (Å²) in [6.45, 7) is 0. The third kappa shape index (κ3) is 3.26. The number of aromatic carboxylic acids is 1. The van der Waals surface area contributed by atoms with Crippen LogP contribution in [0.1, 0.15) is 10.4 Å². The molecule has 2 aromatic carbocycles. The normalized spacial score (nSPS) is 10.2. The monoisotopic (exact) mass is 310 g/mol. The van der Waals surface area contributed by atoms with Gasteiger partial charge >= 0.3 is 5.97 Å². The van der Waals surface area contributed by atoms with Gasteiger partial charge in [0.25, 0.3) is 5.69 Å². The van der Waals surface area contributed by atoms with Crippen molar-refractivity contribution in [1.29, 1.82) is 0 Å². The smallest absolute Gasteiger partial charge is 0.337 e. The maximum Gasteiger partial charge on any atom is 0.337 e. The van der Waals surface area contributed by atoms with Crippen LogP contribution in [0.4, 0.5) is 21.5 Å². The number of nitrogens with one attached hydrogen (secondary N) is 1. The average molecular weight is 311 g/mol. The molecule has 0 atom stereocenters. The molecule has 0 spiro atoms. The van der Waals surface area contributed by atoms with Crippen molar-refractivity contribution in [2.24, 2.45) is 0 Å². The Hall–Kier alpha value is -2.67. The molecule has 0 bridgehead atoms. The van der Waals surface area contributed by atoms with Crippen LogP contribution in [0.15, 0.2) is 36.4 Å². The van der Waals surface area contributed by atoms with E-state index in [1.165, 1.54) is 12.1 Å². The van der Waals surface area contributed by atoms with Crippen LogP contribution in [0.2, 0.25) is 5.02 Å². The summed E-state index contributed by atoms with van der Waals surface area (Å²) in [6.07, 6.45) is 0. The molecular weight excluding hydrogens is 303 g/mol. The summed E-state index contributed by atoms with van der Waals surface area (Å²) in [6, 6.07) is 7.03. The van der Waals surface area contributed by atoms with Gasteiger partial charge in [-0.1, -0.05) is 11.6 Å². The molecule has 2 rings (SSSR count). The first-order chi connectivity index (χ1) is 9.88. The second-order valence-corrected chi connectivity index (χ2v) is 4.45. The lowest BCUT2D eigenvalue weighted by Gasteiger charge is -2.10. The number of carboxylic acids is 1. The number of nitro benzene ring substituents is 1. The van der Waals surface area contributed by atoms with Gasteiger partial charge in [-0.25, -0.2) is 9.18 Å². The molecule has 2 aromatic rings. The van der Waals surface area contributed by atoms with E-state index in [0.717, 1.165) is 24.3 Å². The van der Waals surface area contributed by atoms with Crippen LogP contribution in [0.3, 0.4) is 0 Å². The van der Waals surface area contributed by atoms with Gasteiger partial charge < -0.3 is 10.4 Å². The minimum atomic E-state index is -1.26. The number of hydrogen-bond acceptors (Lipinski definition) is 4. The second kappa shape index (κ2) is 5.76. The molecule has 0 aliphatic rings. The molecule has 0 saturated carbocycles. The molecule has 108 valence electrons. The second-order valence-electron chi connectivity index (χ2n) is 4.05. The minimum Gasteiger partial charge on any atom is -0.478 e. The summed E-state index contributed by atoms with van der Waals surface area (Å²) in [7, 11) is 0. The number of carboxylic acid groups (broad SMARTS) is 1. The van der Waals surface area contributed by atoms with Crippen molar-refractivity contribution in [3.8, 4) is 0 Å². The summed E-state index contributed by atoms with van der Waals surface area (Å²) in [5.41, 5.74) is -0.244. The van der Waals surface area contributed by atoms with E-state index in [1.54, 1.807) is 0 Å². The Morgan fingerprint density at radius 2 is 2.00 bits per heavy atom. The van der Waals surface area contributed by atoms with Gasteiger partial charge in [-0.2, -0.15) is 0 Å². The standard InChI is InChI=1S/C13H8ClFN2O4/c14-10-4-1-7(5-11(10)15)16-12-6-8(17(20)21)2-3-9(12)13(18)19/h1-6,16H,(H,18,19). The SMILES string of the molecule is O=C(O)c1ccc([N+](=O)[O-])cc1Nc1ccc(Cl)c(F)c1. The maximum atomic E-state index is 13.4. The van der Waals surface area contributed by atoms with E-state index in [-0.39, 0.29) is 27.6 Å². The molecule has 6 nitrogen and oxygen atoms in total. The van der Waals surface area contributed by atoms with E-state index >= 15 is 0 Å². The maximum absolute atomic E-state index is 13.4. The van der Waals surface area contributed by atoms with E-state index in [2.05, 4.69) is 5.32 Å². The van der Waals surface area contributed by atoms with Gasteiger partial charge in [-0.15, -0.1) is 0 Å². The lowest BCUT2D eigenvalue weighted by Crippen LogP contribution is -2.04. The molecule has 2 N–H and O–H groups in total. The minimum absolute atomic E-state index is 0.0153. The Morgan fingerprint density at radius 3 is 2.57 bits per heavy atom. The van der Waals surface area contributed by atoms with Crippen LogP contribution >= 0.6 is 11.6 Å². The lowest BCUT2D eigenvalue weighted by molar-refractivity contribution is -0.384. The number of hydrogen-bond donors (Lipinski definition) is 2. The van der Waals surface area contributed by atoms with Gasteiger partial charge in [0.2, 0.25) is 0 Å². The van der Waals surface area contributed by atoms with Crippen LogP contribution in [0.25, 0.3) is 0 Å². The van der Waals surface area contributed by atoms with Crippen molar-refractivity contribution in [3.05, 3.63) is 62.9 Å². The highest BCUT2D eigenvalue weighted by molar-refractivity contribution is 6.30. The Balaban J connectivity index is 2.45. The zero-order valence-electron chi connectivity index (χ0n) is 10.3. The molecule has 0 unspecified atom stereocenters. The van der Waals surface area contributed by atoms with E-state index < -0.39 is 16.7 Å². The van der Waals surface area contributed by atoms with Crippen molar-refractivity contribution in [2.45, 2.75) is 0 Å². The van der Waals surface area contributed by atoms with Crippen molar-refractivity contribution in [3.63, 3.8) is 0 Å². The highest BCUT2D eigenvalue weighted by Gasteiger charge is 2.16. The highest BCUT2D eigenvalue weighted by Crippen LogP contribution is 2.27. The Labute approximate surface area is 122 Å². The van der Waals surface area contributed by atoms with Crippen LogP contribution in [-0.4, -0.2) is 16.0 Å². The topological polar surface area (TPSA) is 92.5 Å². The molecule has 8 heteroatoms. The van der Waals surface area contributed by atoms with E-state index in [1.807, 2.05) is 0 Å². The van der Waals surface area contributed by atoms with Crippen molar-refractivity contribution in [1.82, 2.24) is 0 Å². The molecule has 0 radical (unpaired) electrons. The number of nitrogens with zero attached hydrogens (tertiary/aromatic N) is 1. The molecule has 0 aliphatic heterocycles. The fraction of sp³-hybridized carbons (Fsp3) is 0. The van der Waals surface area contributed by atoms with Crippen molar-refractivity contribution in [2.75, 3.05) is 5.32 Å². The molecule has 0 aliphatic carbocycles. The summed E-state index contributed by atoms with van der Waals surface area (Å²) in [4.78, 5) is 21.2. The molecule has 0 saturated heterocycles. The van der Waals surface area contributed by atoms with E-state index in [9.17, 15) is 19.3 Å². The molecule has 21 heavy (non-hydrogen) atoms. The predicted molar refractivity (Wildman–Crippen MR) is 74.7 cm³/mol. The number of carbonyl (C=O) groups is 1. The quantitative estimate of drug-likeness (QED) is 0.661. The summed E-state index contributed by atoms with van der Waals surface area (Å²) in [5.74, 6) is -1.95. The van der Waals surface area contributed by atoms with Gasteiger partial charge in [-0.05, 0) is 24.3 Å². The molecule has 0 aromatic heterocycles. The molecule has 0 fully saturated rings. The Kier molecular flexibility index (Phi) is 4.04. The number of benzene rings is 2. The summed E-state index contributed by atoms with van der Waals surface area (Å²) < 4.78 is 13.4. The Bertz CT molecular complexity index is 736.